The molecule has 1 heterocycles. The molecular formula is C11H12N3+. The maximum Gasteiger partial charge on any atom is 0.396 e. The number of hydrogen-bond donors (Lipinski definition) is 1. The van der Waals surface area contributed by atoms with Crippen LogP contribution in [0, 0.1) is 0 Å². The van der Waals surface area contributed by atoms with E-state index in [0.717, 1.165) is 11.6 Å². The van der Waals surface area contributed by atoms with Crippen LogP contribution in [0.4, 0.5) is 11.6 Å². The average molecular weight is 186 g/mol. The van der Waals surface area contributed by atoms with Crippen LogP contribution in [0.5, 0.6) is 0 Å². The minimum absolute atomic E-state index is 0.832. The Morgan fingerprint density at radius 1 is 1.14 bits per heavy atom. The molecule has 3 heteroatoms. The quantitative estimate of drug-likeness (QED) is 0.722. The molecule has 0 saturated heterocycles. The van der Waals surface area contributed by atoms with Gasteiger partial charge in [0.25, 0.3) is 0 Å². The predicted molar refractivity (Wildman–Crippen MR) is 55.1 cm³/mol. The van der Waals surface area contributed by atoms with Crippen LogP contribution in [0.25, 0.3) is 0 Å². The molecule has 0 aliphatic carbocycles. The van der Waals surface area contributed by atoms with E-state index in [9.17, 15) is 0 Å². The third kappa shape index (κ3) is 1.88. The van der Waals surface area contributed by atoms with Crippen LogP contribution in [0.3, 0.4) is 0 Å². The number of rotatable bonds is 2. The van der Waals surface area contributed by atoms with Crippen molar-refractivity contribution >= 4 is 11.6 Å². The van der Waals surface area contributed by atoms with Gasteiger partial charge < -0.3 is 0 Å². The van der Waals surface area contributed by atoms with Crippen LogP contribution in [0.2, 0.25) is 0 Å². The summed E-state index contributed by atoms with van der Waals surface area (Å²) in [6.45, 7) is 0. The van der Waals surface area contributed by atoms with Gasteiger partial charge in [0, 0.05) is 6.07 Å². The molecule has 3 nitrogen and oxygen atoms in total. The first-order valence-corrected chi connectivity index (χ1v) is 4.49. The first kappa shape index (κ1) is 8.69. The summed E-state index contributed by atoms with van der Waals surface area (Å²) >= 11 is 0. The molecule has 0 fully saturated rings. The standard InChI is InChI=1S/C11H11N3/c1-14-9-5-8-12-11(14)13-10-6-3-2-4-7-10/h2-9H,1H3/p+1. The second kappa shape index (κ2) is 3.87. The minimum Gasteiger partial charge on any atom is -0.242 e. The van der Waals surface area contributed by atoms with E-state index in [1.54, 1.807) is 6.20 Å². The Labute approximate surface area is 83.1 Å². The van der Waals surface area contributed by atoms with Gasteiger partial charge in [0.1, 0.15) is 6.20 Å². The number of para-hydroxylation sites is 1. The van der Waals surface area contributed by atoms with Crippen molar-refractivity contribution in [3.63, 3.8) is 0 Å². The SMILES string of the molecule is C[n+]1cccnc1Nc1ccccc1. The molecule has 2 aromatic rings. The molecule has 70 valence electrons. The number of hydrogen-bond acceptors (Lipinski definition) is 2. The van der Waals surface area contributed by atoms with Crippen molar-refractivity contribution in [3.05, 3.63) is 48.8 Å². The lowest BCUT2D eigenvalue weighted by Gasteiger charge is -2.00. The number of nitrogens with one attached hydrogen (secondary N) is 1. The minimum atomic E-state index is 0.832. The van der Waals surface area contributed by atoms with E-state index in [1.165, 1.54) is 0 Å². The zero-order valence-corrected chi connectivity index (χ0v) is 8.01. The molecule has 0 aliphatic rings. The predicted octanol–water partition coefficient (Wildman–Crippen LogP) is 1.65. The highest BCUT2D eigenvalue weighted by Gasteiger charge is 2.05. The Morgan fingerprint density at radius 3 is 2.64 bits per heavy atom. The van der Waals surface area contributed by atoms with E-state index in [4.69, 9.17) is 0 Å². The average Bonchev–Trinajstić information content (AvgIpc) is 2.23. The highest BCUT2D eigenvalue weighted by Crippen LogP contribution is 2.08. The van der Waals surface area contributed by atoms with Gasteiger partial charge in [0.15, 0.2) is 0 Å². The van der Waals surface area contributed by atoms with Crippen molar-refractivity contribution in [3.8, 4) is 0 Å². The van der Waals surface area contributed by atoms with Crippen LogP contribution >= 0.6 is 0 Å². The van der Waals surface area contributed by atoms with E-state index in [-0.39, 0.29) is 0 Å². The Hall–Kier alpha value is -1.90. The Morgan fingerprint density at radius 2 is 1.93 bits per heavy atom. The molecule has 0 radical (unpaired) electrons. The smallest absolute Gasteiger partial charge is 0.242 e. The van der Waals surface area contributed by atoms with Gasteiger partial charge in [0.05, 0.1) is 18.9 Å². The summed E-state index contributed by atoms with van der Waals surface area (Å²) in [7, 11) is 1.96. The summed E-state index contributed by atoms with van der Waals surface area (Å²) in [5.74, 6) is 0.832. The first-order chi connectivity index (χ1) is 6.86. The molecule has 0 aliphatic heterocycles. The van der Waals surface area contributed by atoms with Gasteiger partial charge in [-0.25, -0.2) is 9.88 Å². The van der Waals surface area contributed by atoms with Gasteiger partial charge in [-0.3, -0.25) is 0 Å². The number of anilines is 2. The van der Waals surface area contributed by atoms with Gasteiger partial charge in [-0.05, 0) is 12.1 Å². The van der Waals surface area contributed by atoms with Gasteiger partial charge >= 0.3 is 5.95 Å². The lowest BCUT2D eigenvalue weighted by atomic mass is 10.3. The van der Waals surface area contributed by atoms with Gasteiger partial charge in [-0.15, -0.1) is 0 Å². The van der Waals surface area contributed by atoms with Gasteiger partial charge in [-0.2, -0.15) is 0 Å². The Balaban J connectivity index is 2.24. The van der Waals surface area contributed by atoms with E-state index in [1.807, 2.05) is 54.2 Å². The second-order valence-corrected chi connectivity index (χ2v) is 3.05. The molecule has 1 aromatic heterocycles. The molecular weight excluding hydrogens is 174 g/mol. The third-order valence-corrected chi connectivity index (χ3v) is 1.96. The van der Waals surface area contributed by atoms with E-state index >= 15 is 0 Å². The van der Waals surface area contributed by atoms with Crippen molar-refractivity contribution in [2.24, 2.45) is 7.05 Å². The first-order valence-electron chi connectivity index (χ1n) is 4.49. The van der Waals surface area contributed by atoms with Crippen molar-refractivity contribution in [2.75, 3.05) is 5.32 Å². The lowest BCUT2D eigenvalue weighted by Crippen LogP contribution is -2.31. The summed E-state index contributed by atoms with van der Waals surface area (Å²) in [5, 5.41) is 3.22. The van der Waals surface area contributed by atoms with Crippen LogP contribution in [-0.2, 0) is 7.05 Å². The van der Waals surface area contributed by atoms with E-state index < -0.39 is 0 Å². The highest BCUT2D eigenvalue weighted by atomic mass is 15.2. The lowest BCUT2D eigenvalue weighted by molar-refractivity contribution is -0.659. The van der Waals surface area contributed by atoms with E-state index in [2.05, 4.69) is 10.3 Å². The number of nitrogens with zero attached hydrogens (tertiary/aromatic N) is 2. The maximum absolute atomic E-state index is 4.23. The topological polar surface area (TPSA) is 28.8 Å². The van der Waals surface area contributed by atoms with Crippen LogP contribution < -0.4 is 9.88 Å². The number of aromatic nitrogens is 2. The fourth-order valence-corrected chi connectivity index (χ4v) is 1.21. The zero-order chi connectivity index (χ0) is 9.80. The van der Waals surface area contributed by atoms with Crippen LogP contribution in [0.1, 0.15) is 0 Å². The summed E-state index contributed by atoms with van der Waals surface area (Å²) in [6, 6.07) is 11.9. The van der Waals surface area contributed by atoms with Crippen molar-refractivity contribution in [1.82, 2.24) is 4.98 Å². The summed E-state index contributed by atoms with van der Waals surface area (Å²) in [6.07, 6.45) is 3.73. The van der Waals surface area contributed by atoms with Gasteiger partial charge in [-0.1, -0.05) is 23.2 Å². The Bertz CT molecular complexity index is 412. The molecule has 2 rings (SSSR count). The fourth-order valence-electron chi connectivity index (χ4n) is 1.21. The second-order valence-electron chi connectivity index (χ2n) is 3.05. The Kier molecular flexibility index (Phi) is 2.40. The van der Waals surface area contributed by atoms with Gasteiger partial charge in [0.2, 0.25) is 0 Å². The number of benzene rings is 1. The third-order valence-electron chi connectivity index (χ3n) is 1.96. The molecule has 14 heavy (non-hydrogen) atoms. The normalized spacial score (nSPS) is 9.79. The largest absolute Gasteiger partial charge is 0.396 e. The summed E-state index contributed by atoms with van der Waals surface area (Å²) < 4.78 is 1.94. The highest BCUT2D eigenvalue weighted by molar-refractivity contribution is 5.50. The molecule has 0 saturated carbocycles. The molecule has 0 amide bonds. The molecule has 0 bridgehead atoms. The zero-order valence-electron chi connectivity index (χ0n) is 8.01. The monoisotopic (exact) mass is 186 g/mol. The summed E-state index contributed by atoms with van der Waals surface area (Å²) in [5.41, 5.74) is 1.04. The molecule has 0 unspecified atom stereocenters. The molecule has 0 spiro atoms. The summed E-state index contributed by atoms with van der Waals surface area (Å²) in [4.78, 5) is 4.23. The molecule has 0 atom stereocenters. The molecule has 1 N–H and O–H groups in total. The van der Waals surface area contributed by atoms with Crippen molar-refractivity contribution in [2.45, 2.75) is 0 Å². The molecule has 1 aromatic carbocycles. The van der Waals surface area contributed by atoms with E-state index in [0.29, 0.717) is 0 Å². The number of aryl methyl sites for hydroxylation is 1. The van der Waals surface area contributed by atoms with Crippen molar-refractivity contribution < 1.29 is 4.57 Å². The van der Waals surface area contributed by atoms with Crippen molar-refractivity contribution in [1.29, 1.82) is 0 Å². The van der Waals surface area contributed by atoms with Crippen LogP contribution in [0.15, 0.2) is 48.8 Å². The van der Waals surface area contributed by atoms with Crippen LogP contribution in [-0.4, -0.2) is 4.98 Å². The maximum atomic E-state index is 4.23. The fraction of sp³-hybridized carbons (Fsp3) is 0.0909.